The van der Waals surface area contributed by atoms with E-state index in [-0.39, 0.29) is 27.7 Å². The number of nitrogen functional groups attached to an aromatic ring is 1. The number of hydrogen-bond acceptors (Lipinski definition) is 3. The van der Waals surface area contributed by atoms with Gasteiger partial charge in [-0.3, -0.25) is 4.79 Å². The van der Waals surface area contributed by atoms with Crippen LogP contribution in [0.2, 0.25) is 0 Å². The van der Waals surface area contributed by atoms with Crippen LogP contribution in [0.5, 0.6) is 0 Å². The highest BCUT2D eigenvalue weighted by Crippen LogP contribution is 2.22. The first kappa shape index (κ1) is 14.9. The molecule has 0 heterocycles. The molecule has 4 nitrogen and oxygen atoms in total. The maximum absolute atomic E-state index is 13.4. The molecule has 1 amide bonds. The average molecular weight is 318 g/mol. The summed E-state index contributed by atoms with van der Waals surface area (Å²) >= 11 is 3.02. The molecule has 1 rings (SSSR count). The Hall–Kier alpha value is -1.14. The molecule has 0 aliphatic rings. The number of hydrogen-bond donors (Lipinski definition) is 2. The van der Waals surface area contributed by atoms with E-state index in [9.17, 15) is 9.18 Å². The van der Waals surface area contributed by atoms with Gasteiger partial charge >= 0.3 is 0 Å². The Morgan fingerprint density at radius 2 is 2.17 bits per heavy atom. The predicted octanol–water partition coefficient (Wildman–Crippen LogP) is 1.85. The van der Waals surface area contributed by atoms with Crippen molar-refractivity contribution in [2.24, 2.45) is 0 Å². The molecule has 0 radical (unpaired) electrons. The lowest BCUT2D eigenvalue weighted by molar-refractivity contribution is 0.0935. The number of carbonyl (C=O) groups excluding carboxylic acids is 1. The van der Waals surface area contributed by atoms with Crippen molar-refractivity contribution in [3.8, 4) is 0 Å². The summed E-state index contributed by atoms with van der Waals surface area (Å²) in [6, 6.07) is 2.48. The first-order chi connectivity index (χ1) is 8.31. The topological polar surface area (TPSA) is 58.4 Å². The number of amides is 1. The van der Waals surface area contributed by atoms with Crippen LogP contribution < -0.4 is 11.1 Å². The normalized spacial score (nSPS) is 12.6. The van der Waals surface area contributed by atoms with Crippen LogP contribution in [-0.2, 0) is 0 Å². The molecule has 6 heteroatoms. The van der Waals surface area contributed by atoms with Gasteiger partial charge in [0.1, 0.15) is 5.82 Å². The monoisotopic (exact) mass is 317 g/mol. The first-order valence-electron chi connectivity index (χ1n) is 5.51. The molecule has 0 bridgehead atoms. The van der Waals surface area contributed by atoms with E-state index in [2.05, 4.69) is 21.2 Å². The summed E-state index contributed by atoms with van der Waals surface area (Å²) in [5, 5.41) is 2.77. The summed E-state index contributed by atoms with van der Waals surface area (Å²) in [6.45, 7) is 2.58. The third kappa shape index (κ3) is 3.96. The van der Waals surface area contributed by atoms with Crippen molar-refractivity contribution in [1.29, 1.82) is 0 Å². The van der Waals surface area contributed by atoms with Crippen LogP contribution in [0.4, 0.5) is 10.1 Å². The molecule has 1 unspecified atom stereocenters. The van der Waals surface area contributed by atoms with Gasteiger partial charge in [-0.1, -0.05) is 0 Å². The van der Waals surface area contributed by atoms with Gasteiger partial charge in [-0.25, -0.2) is 4.39 Å². The molecule has 3 N–H and O–H groups in total. The third-order valence-corrected chi connectivity index (χ3v) is 2.96. The summed E-state index contributed by atoms with van der Waals surface area (Å²) in [7, 11) is 3.83. The van der Waals surface area contributed by atoms with E-state index in [0.29, 0.717) is 6.54 Å². The van der Waals surface area contributed by atoms with Gasteiger partial charge in [-0.15, -0.1) is 0 Å². The van der Waals surface area contributed by atoms with Crippen molar-refractivity contribution in [3.05, 3.63) is 28.0 Å². The Labute approximate surface area is 114 Å². The summed E-state index contributed by atoms with van der Waals surface area (Å²) in [6.07, 6.45) is 0. The van der Waals surface area contributed by atoms with Crippen LogP contribution in [0, 0.1) is 5.82 Å². The van der Waals surface area contributed by atoms with E-state index in [1.165, 1.54) is 6.07 Å². The fourth-order valence-electron chi connectivity index (χ4n) is 1.65. The van der Waals surface area contributed by atoms with Gasteiger partial charge in [0.25, 0.3) is 5.91 Å². The minimum Gasteiger partial charge on any atom is -0.398 e. The third-order valence-electron chi connectivity index (χ3n) is 2.35. The summed E-state index contributed by atoms with van der Waals surface area (Å²) < 4.78 is 13.6. The molecule has 0 fully saturated rings. The summed E-state index contributed by atoms with van der Waals surface area (Å²) in [4.78, 5) is 13.9. The van der Waals surface area contributed by atoms with Crippen LogP contribution in [0.1, 0.15) is 17.3 Å². The number of likely N-dealkylation sites (N-methyl/N-ethyl adjacent to an activating group) is 1. The maximum Gasteiger partial charge on any atom is 0.253 e. The van der Waals surface area contributed by atoms with E-state index in [4.69, 9.17) is 5.73 Å². The predicted molar refractivity (Wildman–Crippen MR) is 74.0 cm³/mol. The number of nitrogens with two attached hydrogens (primary N) is 1. The number of anilines is 1. The van der Waals surface area contributed by atoms with E-state index in [1.54, 1.807) is 0 Å². The fraction of sp³-hybridized carbons (Fsp3) is 0.417. The lowest BCUT2D eigenvalue weighted by atomic mass is 10.1. The van der Waals surface area contributed by atoms with E-state index in [0.717, 1.165) is 6.07 Å². The lowest BCUT2D eigenvalue weighted by Crippen LogP contribution is -2.39. The second-order valence-corrected chi connectivity index (χ2v) is 5.34. The van der Waals surface area contributed by atoms with Crippen molar-refractivity contribution < 1.29 is 9.18 Å². The van der Waals surface area contributed by atoms with Crippen molar-refractivity contribution >= 4 is 27.5 Å². The number of rotatable bonds is 4. The Morgan fingerprint density at radius 3 is 2.72 bits per heavy atom. The number of nitrogens with one attached hydrogen (secondary N) is 1. The van der Waals surface area contributed by atoms with Gasteiger partial charge in [0, 0.05) is 18.3 Å². The molecule has 0 aliphatic carbocycles. The number of halogens is 2. The standard InChI is InChI=1S/C12H17BrFN3O/c1-7(6-17(2)3)16-12(18)8-4-10(14)9(13)5-11(8)15/h4-5,7H,6,15H2,1-3H3,(H,16,18). The van der Waals surface area contributed by atoms with Crippen molar-refractivity contribution in [1.82, 2.24) is 10.2 Å². The molecule has 1 aromatic carbocycles. The molecular formula is C12H17BrFN3O. The zero-order valence-corrected chi connectivity index (χ0v) is 12.2. The average Bonchev–Trinajstić information content (AvgIpc) is 2.21. The quantitative estimate of drug-likeness (QED) is 0.833. The van der Waals surface area contributed by atoms with Crippen LogP contribution in [0.25, 0.3) is 0 Å². The number of benzene rings is 1. The Kier molecular flexibility index (Phi) is 5.10. The van der Waals surface area contributed by atoms with E-state index >= 15 is 0 Å². The van der Waals surface area contributed by atoms with Gasteiger partial charge in [-0.2, -0.15) is 0 Å². The van der Waals surface area contributed by atoms with Crippen LogP contribution in [0.3, 0.4) is 0 Å². The van der Waals surface area contributed by atoms with Gasteiger partial charge in [0.05, 0.1) is 10.0 Å². The van der Waals surface area contributed by atoms with Crippen LogP contribution >= 0.6 is 15.9 Å². The van der Waals surface area contributed by atoms with Crippen molar-refractivity contribution in [2.45, 2.75) is 13.0 Å². The molecule has 0 aliphatic heterocycles. The minimum absolute atomic E-state index is 0.0430. The number of carbonyl (C=O) groups is 1. The highest BCUT2D eigenvalue weighted by molar-refractivity contribution is 9.10. The van der Waals surface area contributed by atoms with Gasteiger partial charge in [-0.05, 0) is 49.1 Å². The van der Waals surface area contributed by atoms with Gasteiger partial charge in [0.15, 0.2) is 0 Å². The molecule has 1 atom stereocenters. The van der Waals surface area contributed by atoms with Crippen LogP contribution in [-0.4, -0.2) is 37.5 Å². The second kappa shape index (κ2) is 6.15. The maximum atomic E-state index is 13.4. The highest BCUT2D eigenvalue weighted by Gasteiger charge is 2.15. The number of nitrogens with zero attached hydrogens (tertiary/aromatic N) is 1. The van der Waals surface area contributed by atoms with Crippen molar-refractivity contribution in [3.63, 3.8) is 0 Å². The molecule has 1 aromatic rings. The zero-order valence-electron chi connectivity index (χ0n) is 10.6. The Balaban J connectivity index is 2.82. The van der Waals surface area contributed by atoms with Gasteiger partial charge < -0.3 is 16.0 Å². The minimum atomic E-state index is -0.505. The lowest BCUT2D eigenvalue weighted by Gasteiger charge is -2.18. The highest BCUT2D eigenvalue weighted by atomic mass is 79.9. The zero-order chi connectivity index (χ0) is 13.9. The molecule has 100 valence electrons. The van der Waals surface area contributed by atoms with Gasteiger partial charge in [0.2, 0.25) is 0 Å². The smallest absolute Gasteiger partial charge is 0.253 e. The fourth-order valence-corrected chi connectivity index (χ4v) is 2.01. The molecule has 0 spiro atoms. The molecular weight excluding hydrogens is 301 g/mol. The SMILES string of the molecule is CC(CN(C)C)NC(=O)c1cc(F)c(Br)cc1N. The molecule has 0 saturated carbocycles. The molecule has 18 heavy (non-hydrogen) atoms. The van der Waals surface area contributed by atoms with Crippen molar-refractivity contribution in [2.75, 3.05) is 26.4 Å². The van der Waals surface area contributed by atoms with E-state index in [1.807, 2.05) is 25.9 Å². The molecule has 0 saturated heterocycles. The molecule has 0 aromatic heterocycles. The Morgan fingerprint density at radius 1 is 1.56 bits per heavy atom. The summed E-state index contributed by atoms with van der Waals surface area (Å²) in [5.74, 6) is -0.872. The van der Waals surface area contributed by atoms with E-state index < -0.39 is 5.82 Å². The summed E-state index contributed by atoms with van der Waals surface area (Å²) in [5.41, 5.74) is 6.10. The first-order valence-corrected chi connectivity index (χ1v) is 6.30. The van der Waals surface area contributed by atoms with Crippen LogP contribution in [0.15, 0.2) is 16.6 Å². The Bertz CT molecular complexity index is 451. The largest absolute Gasteiger partial charge is 0.398 e. The second-order valence-electron chi connectivity index (χ2n) is 4.49.